The maximum atomic E-state index is 12.8. The van der Waals surface area contributed by atoms with Crippen molar-refractivity contribution in [3.8, 4) is 11.5 Å². The van der Waals surface area contributed by atoms with E-state index in [1.807, 2.05) is 50.3 Å². The van der Waals surface area contributed by atoms with Gasteiger partial charge in [0.1, 0.15) is 17.2 Å². The molecule has 0 spiro atoms. The van der Waals surface area contributed by atoms with E-state index in [1.54, 1.807) is 17.0 Å². The third-order valence-electron chi connectivity index (χ3n) is 4.20. The topological polar surface area (TPSA) is 62.1 Å². The average Bonchev–Trinajstić information content (AvgIpc) is 2.97. The lowest BCUT2D eigenvalue weighted by Crippen LogP contribution is -2.28. The quantitative estimate of drug-likeness (QED) is 0.689. The van der Waals surface area contributed by atoms with Gasteiger partial charge in [0.05, 0.1) is 11.5 Å². The van der Waals surface area contributed by atoms with Crippen LogP contribution in [0.25, 0.3) is 6.08 Å². The van der Waals surface area contributed by atoms with Crippen molar-refractivity contribution in [1.29, 1.82) is 0 Å². The Morgan fingerprint density at radius 3 is 2.57 bits per heavy atom. The number of amides is 1. The molecule has 1 aliphatic rings. The average molecular weight is 397 g/mol. The molecule has 28 heavy (non-hydrogen) atoms. The van der Waals surface area contributed by atoms with Crippen molar-refractivity contribution in [3.63, 3.8) is 0 Å². The Balaban J connectivity index is 1.84. The lowest BCUT2D eigenvalue weighted by Gasteiger charge is -2.12. The predicted molar refractivity (Wildman–Crippen MR) is 115 cm³/mol. The van der Waals surface area contributed by atoms with Crippen molar-refractivity contribution in [3.05, 3.63) is 58.5 Å². The fourth-order valence-electron chi connectivity index (χ4n) is 2.73. The number of carbonyl (C=O) groups excluding carboxylic acids is 1. The van der Waals surface area contributed by atoms with Crippen molar-refractivity contribution < 1.29 is 14.6 Å². The second-order valence-corrected chi connectivity index (χ2v) is 7.47. The number of thioether (sulfide) groups is 1. The van der Waals surface area contributed by atoms with Gasteiger partial charge < -0.3 is 9.84 Å². The summed E-state index contributed by atoms with van der Waals surface area (Å²) in [7, 11) is 0. The molecule has 1 N–H and O–H groups in total. The molecule has 2 aromatic rings. The molecule has 0 atom stereocenters. The molecule has 2 aromatic carbocycles. The predicted octanol–water partition coefficient (Wildman–Crippen LogP) is 5.11. The summed E-state index contributed by atoms with van der Waals surface area (Å²) in [5.74, 6) is 0.850. The number of rotatable bonds is 6. The van der Waals surface area contributed by atoms with Gasteiger partial charge in [-0.15, -0.1) is 0 Å². The van der Waals surface area contributed by atoms with Gasteiger partial charge in [0.2, 0.25) is 0 Å². The molecule has 1 aliphatic heterocycles. The van der Waals surface area contributed by atoms with Crippen molar-refractivity contribution in [1.82, 2.24) is 4.90 Å². The van der Waals surface area contributed by atoms with Crippen molar-refractivity contribution in [2.24, 2.45) is 4.99 Å². The van der Waals surface area contributed by atoms with Crippen molar-refractivity contribution in [2.75, 3.05) is 13.2 Å². The van der Waals surface area contributed by atoms with Crippen LogP contribution in [0.3, 0.4) is 0 Å². The van der Waals surface area contributed by atoms with Crippen LogP contribution in [-0.4, -0.2) is 34.2 Å². The van der Waals surface area contributed by atoms with Gasteiger partial charge in [0.15, 0.2) is 5.17 Å². The van der Waals surface area contributed by atoms with Crippen LogP contribution in [0.1, 0.15) is 31.4 Å². The maximum Gasteiger partial charge on any atom is 0.266 e. The number of phenols is 1. The second kappa shape index (κ2) is 8.97. The third kappa shape index (κ3) is 4.57. The number of hydrogen-bond acceptors (Lipinski definition) is 5. The van der Waals surface area contributed by atoms with E-state index in [9.17, 15) is 9.90 Å². The molecule has 0 saturated carbocycles. The number of benzene rings is 2. The lowest BCUT2D eigenvalue weighted by molar-refractivity contribution is -0.122. The monoisotopic (exact) mass is 396 g/mol. The van der Waals surface area contributed by atoms with Gasteiger partial charge in [-0.05, 0) is 73.5 Å². The van der Waals surface area contributed by atoms with Crippen LogP contribution in [0.15, 0.2) is 52.4 Å². The van der Waals surface area contributed by atoms with Crippen molar-refractivity contribution >= 4 is 34.6 Å². The van der Waals surface area contributed by atoms with E-state index < -0.39 is 0 Å². The fourth-order valence-corrected chi connectivity index (χ4v) is 3.79. The summed E-state index contributed by atoms with van der Waals surface area (Å²) in [6, 6.07) is 13.0. The number of aryl methyl sites for hydroxylation is 1. The van der Waals surface area contributed by atoms with Crippen LogP contribution in [0.2, 0.25) is 0 Å². The molecule has 1 saturated heterocycles. The summed E-state index contributed by atoms with van der Waals surface area (Å²) < 4.78 is 5.59. The number of ether oxygens (including phenoxy) is 1. The minimum Gasteiger partial charge on any atom is -0.506 e. The highest BCUT2D eigenvalue weighted by molar-refractivity contribution is 8.18. The standard InChI is InChI=1S/C22H24N2O3S/c1-4-12-27-17-9-7-16(8-10-17)14-20-21(26)24(5-2)22(28-20)23-18-11-6-15(3)13-19(18)25/h6-11,13-14,25H,4-5,12H2,1-3H3/b20-14-,23-22?. The molecule has 1 fully saturated rings. The Kier molecular flexibility index (Phi) is 6.41. The summed E-state index contributed by atoms with van der Waals surface area (Å²) in [5, 5.41) is 10.7. The summed E-state index contributed by atoms with van der Waals surface area (Å²) >= 11 is 1.32. The zero-order valence-corrected chi connectivity index (χ0v) is 17.1. The van der Waals surface area contributed by atoms with Gasteiger partial charge in [0.25, 0.3) is 5.91 Å². The summed E-state index contributed by atoms with van der Waals surface area (Å²) in [4.78, 5) is 19.5. The third-order valence-corrected chi connectivity index (χ3v) is 5.21. The molecule has 146 valence electrons. The summed E-state index contributed by atoms with van der Waals surface area (Å²) in [6.07, 6.45) is 2.82. The Morgan fingerprint density at radius 1 is 1.18 bits per heavy atom. The van der Waals surface area contributed by atoms with Gasteiger partial charge in [-0.2, -0.15) is 0 Å². The van der Waals surface area contributed by atoms with E-state index in [1.165, 1.54) is 11.8 Å². The number of aromatic hydroxyl groups is 1. The van der Waals surface area contributed by atoms with Crippen molar-refractivity contribution in [2.45, 2.75) is 27.2 Å². The Bertz CT molecular complexity index is 920. The van der Waals surface area contributed by atoms with Crippen LogP contribution in [0.5, 0.6) is 11.5 Å². The largest absolute Gasteiger partial charge is 0.506 e. The zero-order chi connectivity index (χ0) is 20.1. The van der Waals surface area contributed by atoms with Crippen LogP contribution in [0, 0.1) is 6.92 Å². The van der Waals surface area contributed by atoms with E-state index in [0.29, 0.717) is 28.9 Å². The molecule has 1 amide bonds. The molecule has 3 rings (SSSR count). The Morgan fingerprint density at radius 2 is 1.93 bits per heavy atom. The van der Waals surface area contributed by atoms with E-state index >= 15 is 0 Å². The molecular formula is C22H24N2O3S. The van der Waals surface area contributed by atoms with Crippen LogP contribution < -0.4 is 4.74 Å². The van der Waals surface area contributed by atoms with Crippen LogP contribution in [-0.2, 0) is 4.79 Å². The minimum atomic E-state index is -0.0795. The van der Waals surface area contributed by atoms with E-state index in [-0.39, 0.29) is 11.7 Å². The molecule has 1 heterocycles. The number of hydrogen-bond donors (Lipinski definition) is 1. The van der Waals surface area contributed by atoms with Gasteiger partial charge in [-0.25, -0.2) is 4.99 Å². The minimum absolute atomic E-state index is 0.0795. The fraction of sp³-hybridized carbons (Fsp3) is 0.273. The molecule has 5 nitrogen and oxygen atoms in total. The van der Waals surface area contributed by atoms with Gasteiger partial charge >= 0.3 is 0 Å². The first-order chi connectivity index (χ1) is 13.5. The Labute approximate surface area is 169 Å². The SMILES string of the molecule is CCCOc1ccc(/C=C2\SC(=Nc3ccc(C)cc3O)N(CC)C2=O)cc1. The smallest absolute Gasteiger partial charge is 0.266 e. The number of carbonyl (C=O) groups is 1. The normalized spacial score (nSPS) is 17.0. The van der Waals surface area contributed by atoms with Crippen LogP contribution in [0.4, 0.5) is 5.69 Å². The number of phenolic OH excluding ortho intramolecular Hbond substituents is 1. The number of nitrogens with zero attached hydrogens (tertiary/aromatic N) is 2. The Hall–Kier alpha value is -2.73. The number of likely N-dealkylation sites (N-methyl/N-ethyl adjacent to an activating group) is 1. The molecule has 0 aliphatic carbocycles. The molecule has 0 aromatic heterocycles. The van der Waals surface area contributed by atoms with Gasteiger partial charge in [0, 0.05) is 6.54 Å². The van der Waals surface area contributed by atoms with Gasteiger partial charge in [-0.1, -0.05) is 25.1 Å². The molecule has 0 bridgehead atoms. The van der Waals surface area contributed by atoms with E-state index in [0.717, 1.165) is 23.3 Å². The first kappa shape index (κ1) is 20.0. The van der Waals surface area contributed by atoms with E-state index in [4.69, 9.17) is 4.74 Å². The highest BCUT2D eigenvalue weighted by Crippen LogP contribution is 2.36. The molecule has 0 radical (unpaired) electrons. The summed E-state index contributed by atoms with van der Waals surface area (Å²) in [5.41, 5.74) is 2.34. The number of amidine groups is 1. The molecule has 0 unspecified atom stereocenters. The highest BCUT2D eigenvalue weighted by atomic mass is 32.2. The van der Waals surface area contributed by atoms with Crippen LogP contribution >= 0.6 is 11.8 Å². The first-order valence-corrected chi connectivity index (χ1v) is 10.2. The van der Waals surface area contributed by atoms with Gasteiger partial charge in [-0.3, -0.25) is 9.69 Å². The molecule has 6 heteroatoms. The first-order valence-electron chi connectivity index (χ1n) is 9.34. The highest BCUT2D eigenvalue weighted by Gasteiger charge is 2.32. The molecular weight excluding hydrogens is 372 g/mol. The zero-order valence-electron chi connectivity index (χ0n) is 16.3. The van der Waals surface area contributed by atoms with E-state index in [2.05, 4.69) is 11.9 Å². The maximum absolute atomic E-state index is 12.8. The second-order valence-electron chi connectivity index (χ2n) is 6.46. The summed E-state index contributed by atoms with van der Waals surface area (Å²) in [6.45, 7) is 7.08. The number of aliphatic imine (C=N–C) groups is 1. The lowest BCUT2D eigenvalue weighted by atomic mass is 10.2.